The number of rotatable bonds is 13. The summed E-state index contributed by atoms with van der Waals surface area (Å²) in [5.41, 5.74) is 8.11. The molecule has 0 aliphatic heterocycles. The summed E-state index contributed by atoms with van der Waals surface area (Å²) >= 11 is 0. The van der Waals surface area contributed by atoms with E-state index in [0.29, 0.717) is 51.4 Å². The van der Waals surface area contributed by atoms with Crippen LogP contribution in [0.1, 0.15) is 58.3 Å². The third-order valence-electron chi connectivity index (χ3n) is 3.60. The van der Waals surface area contributed by atoms with Crippen molar-refractivity contribution in [2.45, 2.75) is 82.7 Å². The Labute approximate surface area is 126 Å². The van der Waals surface area contributed by atoms with Crippen LogP contribution in [0, 0.1) is 0 Å². The molecule has 4 atom stereocenters. The lowest BCUT2D eigenvalue weighted by Crippen LogP contribution is -2.17. The Morgan fingerprint density at radius 1 is 0.762 bits per heavy atom. The van der Waals surface area contributed by atoms with Crippen molar-refractivity contribution >= 4 is 0 Å². The van der Waals surface area contributed by atoms with Gasteiger partial charge in [-0.3, -0.25) is 0 Å². The molecule has 0 aromatic heterocycles. The second-order valence-corrected chi connectivity index (χ2v) is 5.50. The van der Waals surface area contributed by atoms with Crippen LogP contribution in [-0.2, 0) is 0 Å². The van der Waals surface area contributed by atoms with Gasteiger partial charge in [0, 0.05) is 11.5 Å². The zero-order valence-corrected chi connectivity index (χ0v) is 12.8. The standard InChI is InChI=1S/C14H29N3O4/c1-2-11(18)3-4-12(19)5-6-13(20)7-8-14(21)9-10-16-17-15/h11-14,18-21H,2-10H2,1H3. The predicted octanol–water partition coefficient (Wildman–Crippen LogP) is 1.88. The minimum atomic E-state index is -0.574. The molecule has 0 saturated carbocycles. The molecular formula is C14H29N3O4. The van der Waals surface area contributed by atoms with Crippen molar-refractivity contribution in [3.05, 3.63) is 10.4 Å². The van der Waals surface area contributed by atoms with E-state index < -0.39 is 18.3 Å². The van der Waals surface area contributed by atoms with Crippen molar-refractivity contribution in [2.24, 2.45) is 5.11 Å². The Bertz CT molecular complexity index is 298. The normalized spacial score (nSPS) is 16.8. The Balaban J connectivity index is 3.64. The number of aliphatic hydroxyl groups excluding tert-OH is 4. The first-order chi connectivity index (χ1) is 9.99. The van der Waals surface area contributed by atoms with Gasteiger partial charge in [-0.2, -0.15) is 0 Å². The first-order valence-electron chi connectivity index (χ1n) is 7.72. The third-order valence-corrected chi connectivity index (χ3v) is 3.60. The molecule has 7 nitrogen and oxygen atoms in total. The fourth-order valence-corrected chi connectivity index (χ4v) is 2.04. The number of azide groups is 1. The van der Waals surface area contributed by atoms with Crippen LogP contribution in [0.4, 0.5) is 0 Å². The van der Waals surface area contributed by atoms with Gasteiger partial charge in [-0.05, 0) is 56.9 Å². The maximum Gasteiger partial charge on any atom is 0.0542 e. The number of hydrogen-bond donors (Lipinski definition) is 4. The Morgan fingerprint density at radius 3 is 1.52 bits per heavy atom. The maximum absolute atomic E-state index is 9.79. The van der Waals surface area contributed by atoms with Crippen molar-refractivity contribution in [1.29, 1.82) is 0 Å². The zero-order chi connectivity index (χ0) is 16.1. The summed E-state index contributed by atoms with van der Waals surface area (Å²) < 4.78 is 0. The van der Waals surface area contributed by atoms with Gasteiger partial charge in [0.25, 0.3) is 0 Å². The number of hydrogen-bond acceptors (Lipinski definition) is 5. The highest BCUT2D eigenvalue weighted by Gasteiger charge is 2.13. The van der Waals surface area contributed by atoms with Crippen LogP contribution in [0.3, 0.4) is 0 Å². The molecule has 0 fully saturated rings. The average Bonchev–Trinajstić information content (AvgIpc) is 2.48. The summed E-state index contributed by atoms with van der Waals surface area (Å²) in [5, 5.41) is 41.9. The van der Waals surface area contributed by atoms with E-state index in [4.69, 9.17) is 5.53 Å². The molecule has 0 bridgehead atoms. The monoisotopic (exact) mass is 303 g/mol. The van der Waals surface area contributed by atoms with Crippen molar-refractivity contribution < 1.29 is 20.4 Å². The first kappa shape index (κ1) is 20.1. The van der Waals surface area contributed by atoms with Crippen molar-refractivity contribution in [3.8, 4) is 0 Å². The first-order valence-corrected chi connectivity index (χ1v) is 7.72. The van der Waals surface area contributed by atoms with E-state index in [1.165, 1.54) is 0 Å². The second-order valence-electron chi connectivity index (χ2n) is 5.50. The second kappa shape index (κ2) is 12.9. The molecule has 124 valence electrons. The van der Waals surface area contributed by atoms with Gasteiger partial charge in [0.1, 0.15) is 0 Å². The molecule has 0 aliphatic carbocycles. The lowest BCUT2D eigenvalue weighted by Gasteiger charge is -2.16. The SMILES string of the molecule is CCC(O)CCC(O)CCC(O)CCC(O)CCN=[N+]=[N-]. The van der Waals surface area contributed by atoms with E-state index in [2.05, 4.69) is 10.0 Å². The van der Waals surface area contributed by atoms with Gasteiger partial charge >= 0.3 is 0 Å². The van der Waals surface area contributed by atoms with E-state index in [1.807, 2.05) is 6.92 Å². The summed E-state index contributed by atoms with van der Waals surface area (Å²) in [6.45, 7) is 2.15. The highest BCUT2D eigenvalue weighted by atomic mass is 16.3. The molecule has 7 heteroatoms. The van der Waals surface area contributed by atoms with E-state index >= 15 is 0 Å². The quantitative estimate of drug-likeness (QED) is 0.235. The summed E-state index contributed by atoms with van der Waals surface area (Å²) in [5.74, 6) is 0. The van der Waals surface area contributed by atoms with Crippen molar-refractivity contribution in [1.82, 2.24) is 0 Å². The average molecular weight is 303 g/mol. The van der Waals surface area contributed by atoms with Gasteiger partial charge in [0.2, 0.25) is 0 Å². The van der Waals surface area contributed by atoms with Crippen LogP contribution in [0.5, 0.6) is 0 Å². The summed E-state index contributed by atoms with van der Waals surface area (Å²) in [4.78, 5) is 2.61. The van der Waals surface area contributed by atoms with Gasteiger partial charge in [-0.25, -0.2) is 0 Å². The topological polar surface area (TPSA) is 130 Å². The lowest BCUT2D eigenvalue weighted by atomic mass is 10.00. The van der Waals surface area contributed by atoms with Gasteiger partial charge in [-0.1, -0.05) is 12.0 Å². The molecule has 0 rings (SSSR count). The molecule has 0 aliphatic rings. The van der Waals surface area contributed by atoms with E-state index in [9.17, 15) is 20.4 Å². The third kappa shape index (κ3) is 12.6. The minimum absolute atomic E-state index is 0.256. The molecule has 0 heterocycles. The molecule has 4 unspecified atom stereocenters. The molecule has 21 heavy (non-hydrogen) atoms. The predicted molar refractivity (Wildman–Crippen MR) is 80.7 cm³/mol. The maximum atomic E-state index is 9.79. The summed E-state index contributed by atoms with van der Waals surface area (Å²) in [7, 11) is 0. The fraction of sp³-hybridized carbons (Fsp3) is 1.00. The highest BCUT2D eigenvalue weighted by Crippen LogP contribution is 2.14. The van der Waals surface area contributed by atoms with Crippen LogP contribution in [-0.4, -0.2) is 51.4 Å². The van der Waals surface area contributed by atoms with E-state index in [1.54, 1.807) is 0 Å². The Hall–Kier alpha value is -0.850. The van der Waals surface area contributed by atoms with Crippen LogP contribution in [0.2, 0.25) is 0 Å². The van der Waals surface area contributed by atoms with Crippen LogP contribution < -0.4 is 0 Å². The number of aliphatic hydroxyl groups is 4. The van der Waals surface area contributed by atoms with Crippen molar-refractivity contribution in [2.75, 3.05) is 6.54 Å². The minimum Gasteiger partial charge on any atom is -0.393 e. The zero-order valence-electron chi connectivity index (χ0n) is 12.8. The molecule has 0 aromatic rings. The van der Waals surface area contributed by atoms with E-state index in [-0.39, 0.29) is 12.6 Å². The van der Waals surface area contributed by atoms with Gasteiger partial charge in [0.05, 0.1) is 24.4 Å². The van der Waals surface area contributed by atoms with Gasteiger partial charge in [-0.15, -0.1) is 0 Å². The lowest BCUT2D eigenvalue weighted by molar-refractivity contribution is 0.0748. The highest BCUT2D eigenvalue weighted by molar-refractivity contribution is 4.66. The molecule has 0 radical (unpaired) electrons. The van der Waals surface area contributed by atoms with Crippen LogP contribution >= 0.6 is 0 Å². The molecule has 0 saturated heterocycles. The van der Waals surface area contributed by atoms with Crippen LogP contribution in [0.25, 0.3) is 10.4 Å². The molecular weight excluding hydrogens is 274 g/mol. The van der Waals surface area contributed by atoms with Crippen molar-refractivity contribution in [3.63, 3.8) is 0 Å². The largest absolute Gasteiger partial charge is 0.393 e. The molecule has 0 amide bonds. The molecule has 4 N–H and O–H groups in total. The Morgan fingerprint density at radius 2 is 1.14 bits per heavy atom. The van der Waals surface area contributed by atoms with E-state index in [0.717, 1.165) is 0 Å². The van der Waals surface area contributed by atoms with Crippen LogP contribution in [0.15, 0.2) is 5.11 Å². The summed E-state index contributed by atoms with van der Waals surface area (Å²) in [6, 6.07) is 0. The number of nitrogens with zero attached hydrogens (tertiary/aromatic N) is 3. The fourth-order valence-electron chi connectivity index (χ4n) is 2.04. The summed E-state index contributed by atoms with van der Waals surface area (Å²) in [6.07, 6.45) is 2.08. The van der Waals surface area contributed by atoms with Gasteiger partial charge in [0.15, 0.2) is 0 Å². The Kier molecular flexibility index (Phi) is 12.3. The molecule has 0 aromatic carbocycles. The van der Waals surface area contributed by atoms with Gasteiger partial charge < -0.3 is 20.4 Å². The molecule has 0 spiro atoms. The smallest absolute Gasteiger partial charge is 0.0542 e.